The Morgan fingerprint density at radius 3 is 3.05 bits per heavy atom. The summed E-state index contributed by atoms with van der Waals surface area (Å²) in [5.41, 5.74) is 1.79. The summed E-state index contributed by atoms with van der Waals surface area (Å²) in [5, 5.41) is 3.39. The first-order valence-electron chi connectivity index (χ1n) is 6.84. The summed E-state index contributed by atoms with van der Waals surface area (Å²) < 4.78 is 18.6. The number of nitrogens with one attached hydrogen (secondary N) is 1. The molecule has 1 aliphatic carbocycles. The van der Waals surface area contributed by atoms with Gasteiger partial charge < -0.3 is 14.6 Å². The fourth-order valence-corrected chi connectivity index (χ4v) is 2.07. The van der Waals surface area contributed by atoms with E-state index >= 15 is 0 Å². The average molecular weight is 275 g/mol. The summed E-state index contributed by atoms with van der Waals surface area (Å²) in [6.07, 6.45) is 4.18. The van der Waals surface area contributed by atoms with E-state index in [1.807, 2.05) is 18.0 Å². The molecule has 20 heavy (non-hydrogen) atoms. The summed E-state index contributed by atoms with van der Waals surface area (Å²) in [4.78, 5) is 6.30. The molecule has 1 saturated carbocycles. The van der Waals surface area contributed by atoms with Crippen molar-refractivity contribution in [2.45, 2.75) is 32.0 Å². The number of oxazole rings is 1. The maximum absolute atomic E-state index is 13.1. The third-order valence-electron chi connectivity index (χ3n) is 3.32. The van der Waals surface area contributed by atoms with E-state index in [-0.39, 0.29) is 5.82 Å². The van der Waals surface area contributed by atoms with Crippen LogP contribution in [0.3, 0.4) is 0 Å². The van der Waals surface area contributed by atoms with Gasteiger partial charge in [0.15, 0.2) is 0 Å². The van der Waals surface area contributed by atoms with Crippen LogP contribution in [0.25, 0.3) is 0 Å². The Morgan fingerprint density at radius 1 is 1.45 bits per heavy atom. The van der Waals surface area contributed by atoms with Gasteiger partial charge in [-0.1, -0.05) is 12.1 Å². The lowest BCUT2D eigenvalue weighted by molar-refractivity contribution is 0.542. The zero-order chi connectivity index (χ0) is 13.9. The molecule has 0 amide bonds. The van der Waals surface area contributed by atoms with Gasteiger partial charge in [-0.3, -0.25) is 0 Å². The molecule has 4 nitrogen and oxygen atoms in total. The smallest absolute Gasteiger partial charge is 0.297 e. The van der Waals surface area contributed by atoms with Crippen molar-refractivity contribution in [1.82, 2.24) is 10.3 Å². The number of nitrogens with zero attached hydrogens (tertiary/aromatic N) is 2. The van der Waals surface area contributed by atoms with E-state index in [0.29, 0.717) is 18.6 Å². The first-order valence-corrected chi connectivity index (χ1v) is 6.84. The van der Waals surface area contributed by atoms with Gasteiger partial charge in [0.1, 0.15) is 12.1 Å². The molecule has 2 aromatic rings. The van der Waals surface area contributed by atoms with E-state index in [1.165, 1.54) is 25.0 Å². The lowest BCUT2D eigenvalue weighted by Crippen LogP contribution is -2.18. The standard InChI is InChI=1S/C15H18FN3O/c1-19(9-11-3-2-4-12(16)7-11)15-18-14(10-20-15)8-17-13-5-6-13/h2-4,7,10,13,17H,5-6,8-9H2,1H3. The van der Waals surface area contributed by atoms with Crippen LogP contribution in [-0.4, -0.2) is 18.1 Å². The van der Waals surface area contributed by atoms with Crippen molar-refractivity contribution in [1.29, 1.82) is 0 Å². The van der Waals surface area contributed by atoms with Gasteiger partial charge in [0.2, 0.25) is 0 Å². The monoisotopic (exact) mass is 275 g/mol. The second-order valence-electron chi connectivity index (χ2n) is 5.26. The summed E-state index contributed by atoms with van der Waals surface area (Å²) in [5.74, 6) is -0.224. The molecule has 0 aliphatic heterocycles. The van der Waals surface area contributed by atoms with E-state index in [2.05, 4.69) is 10.3 Å². The fourth-order valence-electron chi connectivity index (χ4n) is 2.07. The molecule has 1 aliphatic rings. The Bertz CT molecular complexity index is 580. The molecule has 0 saturated heterocycles. The quantitative estimate of drug-likeness (QED) is 0.880. The summed E-state index contributed by atoms with van der Waals surface area (Å²) >= 11 is 0. The van der Waals surface area contributed by atoms with Crippen LogP contribution in [0.2, 0.25) is 0 Å². The van der Waals surface area contributed by atoms with E-state index in [0.717, 1.165) is 17.8 Å². The zero-order valence-electron chi connectivity index (χ0n) is 11.5. The normalized spacial score (nSPS) is 14.5. The minimum absolute atomic E-state index is 0.224. The molecule has 1 heterocycles. The molecule has 1 fully saturated rings. The number of rotatable bonds is 6. The number of hydrogen-bond acceptors (Lipinski definition) is 4. The van der Waals surface area contributed by atoms with Crippen LogP contribution < -0.4 is 10.2 Å². The van der Waals surface area contributed by atoms with Gasteiger partial charge >= 0.3 is 0 Å². The molecule has 0 unspecified atom stereocenters. The van der Waals surface area contributed by atoms with Crippen LogP contribution >= 0.6 is 0 Å². The molecule has 106 valence electrons. The number of halogens is 1. The highest BCUT2D eigenvalue weighted by molar-refractivity contribution is 5.29. The predicted molar refractivity (Wildman–Crippen MR) is 74.9 cm³/mol. The molecule has 0 spiro atoms. The summed E-state index contributed by atoms with van der Waals surface area (Å²) in [6.45, 7) is 1.30. The van der Waals surface area contributed by atoms with Crippen LogP contribution in [0.15, 0.2) is 34.9 Å². The molecule has 0 radical (unpaired) electrons. The lowest BCUT2D eigenvalue weighted by Gasteiger charge is -2.14. The van der Waals surface area contributed by atoms with Crippen molar-refractivity contribution in [3.63, 3.8) is 0 Å². The molecular formula is C15H18FN3O. The van der Waals surface area contributed by atoms with E-state index in [4.69, 9.17) is 4.42 Å². The second-order valence-corrected chi connectivity index (χ2v) is 5.26. The van der Waals surface area contributed by atoms with Crippen molar-refractivity contribution >= 4 is 6.01 Å². The Morgan fingerprint density at radius 2 is 2.30 bits per heavy atom. The predicted octanol–water partition coefficient (Wildman–Crippen LogP) is 2.70. The number of hydrogen-bond donors (Lipinski definition) is 1. The first-order chi connectivity index (χ1) is 9.70. The zero-order valence-corrected chi connectivity index (χ0v) is 11.5. The van der Waals surface area contributed by atoms with Crippen molar-refractivity contribution in [2.75, 3.05) is 11.9 Å². The van der Waals surface area contributed by atoms with Gasteiger partial charge in [0.05, 0.1) is 5.69 Å². The molecular weight excluding hydrogens is 257 g/mol. The Labute approximate surface area is 117 Å². The second kappa shape index (κ2) is 5.63. The Kier molecular flexibility index (Phi) is 3.69. The van der Waals surface area contributed by atoms with Gasteiger partial charge in [-0.05, 0) is 30.5 Å². The van der Waals surface area contributed by atoms with E-state index in [1.54, 1.807) is 12.3 Å². The van der Waals surface area contributed by atoms with Crippen molar-refractivity contribution in [2.24, 2.45) is 0 Å². The largest absolute Gasteiger partial charge is 0.432 e. The van der Waals surface area contributed by atoms with Crippen LogP contribution in [-0.2, 0) is 13.1 Å². The topological polar surface area (TPSA) is 41.3 Å². The van der Waals surface area contributed by atoms with Gasteiger partial charge in [-0.25, -0.2) is 4.39 Å². The number of aromatic nitrogens is 1. The number of benzene rings is 1. The third kappa shape index (κ3) is 3.36. The SMILES string of the molecule is CN(Cc1cccc(F)c1)c1nc(CNC2CC2)co1. The molecule has 1 aromatic carbocycles. The molecule has 3 rings (SSSR count). The molecule has 1 aromatic heterocycles. The van der Waals surface area contributed by atoms with Crippen LogP contribution in [0.1, 0.15) is 24.1 Å². The minimum Gasteiger partial charge on any atom is -0.432 e. The Balaban J connectivity index is 1.59. The molecule has 0 bridgehead atoms. The summed E-state index contributed by atoms with van der Waals surface area (Å²) in [6, 6.07) is 7.77. The van der Waals surface area contributed by atoms with Gasteiger partial charge in [-0.2, -0.15) is 4.98 Å². The number of anilines is 1. The highest BCUT2D eigenvalue weighted by Crippen LogP contribution is 2.20. The average Bonchev–Trinajstić information content (AvgIpc) is 3.13. The van der Waals surface area contributed by atoms with Crippen LogP contribution in [0.4, 0.5) is 10.4 Å². The third-order valence-corrected chi connectivity index (χ3v) is 3.32. The van der Waals surface area contributed by atoms with Crippen molar-refractivity contribution in [3.8, 4) is 0 Å². The minimum atomic E-state index is -0.224. The highest BCUT2D eigenvalue weighted by atomic mass is 19.1. The molecule has 5 heteroatoms. The Hall–Kier alpha value is -1.88. The van der Waals surface area contributed by atoms with E-state index < -0.39 is 0 Å². The maximum Gasteiger partial charge on any atom is 0.297 e. The maximum atomic E-state index is 13.1. The highest BCUT2D eigenvalue weighted by Gasteiger charge is 2.20. The summed E-state index contributed by atoms with van der Waals surface area (Å²) in [7, 11) is 1.88. The molecule has 0 atom stereocenters. The lowest BCUT2D eigenvalue weighted by atomic mass is 10.2. The molecule has 1 N–H and O–H groups in total. The van der Waals surface area contributed by atoms with Gasteiger partial charge in [0.25, 0.3) is 6.01 Å². The van der Waals surface area contributed by atoms with Crippen LogP contribution in [0, 0.1) is 5.82 Å². The van der Waals surface area contributed by atoms with E-state index in [9.17, 15) is 4.39 Å². The fraction of sp³-hybridized carbons (Fsp3) is 0.400. The van der Waals surface area contributed by atoms with Crippen molar-refractivity contribution in [3.05, 3.63) is 47.6 Å². The van der Waals surface area contributed by atoms with Crippen molar-refractivity contribution < 1.29 is 8.81 Å². The van der Waals surface area contributed by atoms with Gasteiger partial charge in [-0.15, -0.1) is 0 Å². The van der Waals surface area contributed by atoms with Gasteiger partial charge in [0, 0.05) is 26.2 Å². The first kappa shape index (κ1) is 13.1. The van der Waals surface area contributed by atoms with Crippen LogP contribution in [0.5, 0.6) is 0 Å².